The molecule has 6 heteroatoms. The third-order valence-corrected chi connectivity index (χ3v) is 4.63. The molecule has 0 radical (unpaired) electrons. The van der Waals surface area contributed by atoms with E-state index in [1.54, 1.807) is 25.3 Å². The third kappa shape index (κ3) is 2.85. The zero-order chi connectivity index (χ0) is 16.6. The molecule has 23 heavy (non-hydrogen) atoms. The highest BCUT2D eigenvalue weighted by atomic mass is 32.1. The van der Waals surface area contributed by atoms with Gasteiger partial charge in [-0.05, 0) is 43.7 Å². The molecular formula is C17H17N3O2S. The molecule has 2 aromatic heterocycles. The van der Waals surface area contributed by atoms with E-state index in [1.165, 1.54) is 11.3 Å². The van der Waals surface area contributed by atoms with Crippen LogP contribution in [0, 0.1) is 13.8 Å². The Kier molecular flexibility index (Phi) is 3.92. The van der Waals surface area contributed by atoms with Crippen molar-refractivity contribution in [2.45, 2.75) is 13.8 Å². The third-order valence-electron chi connectivity index (χ3n) is 3.71. The number of nitrogens with zero attached hydrogens (tertiary/aromatic N) is 3. The predicted molar refractivity (Wildman–Crippen MR) is 91.0 cm³/mol. The number of aryl methyl sites for hydroxylation is 1. The molecule has 3 aromatic rings. The lowest BCUT2D eigenvalue weighted by molar-refractivity contribution is 0.444. The molecule has 0 atom stereocenters. The Balaban J connectivity index is 2.12. The first-order valence-corrected chi connectivity index (χ1v) is 7.99. The van der Waals surface area contributed by atoms with Gasteiger partial charge in [0.2, 0.25) is 0 Å². The zero-order valence-electron chi connectivity index (χ0n) is 13.1. The van der Waals surface area contributed by atoms with Crippen LogP contribution in [0.2, 0.25) is 0 Å². The minimum Gasteiger partial charge on any atom is -0.508 e. The van der Waals surface area contributed by atoms with Crippen LogP contribution in [0.25, 0.3) is 11.3 Å². The van der Waals surface area contributed by atoms with Crippen LogP contribution in [0.15, 0.2) is 40.8 Å². The predicted octanol–water partition coefficient (Wildman–Crippen LogP) is 3.41. The largest absolute Gasteiger partial charge is 0.508 e. The van der Waals surface area contributed by atoms with E-state index in [2.05, 4.69) is 9.98 Å². The minimum absolute atomic E-state index is 0.0815. The lowest BCUT2D eigenvalue weighted by Crippen LogP contribution is -2.11. The molecule has 0 bridgehead atoms. The molecule has 2 N–H and O–H groups in total. The number of phenolic OH excluding ortho intramolecular Hbond substituents is 2. The first kappa shape index (κ1) is 15.3. The van der Waals surface area contributed by atoms with Crippen LogP contribution in [0.1, 0.15) is 11.1 Å². The molecular weight excluding hydrogens is 310 g/mol. The summed E-state index contributed by atoms with van der Waals surface area (Å²) in [4.78, 5) is 9.58. The van der Waals surface area contributed by atoms with Crippen LogP contribution in [-0.4, -0.2) is 19.8 Å². The van der Waals surface area contributed by atoms with Crippen molar-refractivity contribution in [2.75, 3.05) is 0 Å². The number of hydrogen-bond acceptors (Lipinski definition) is 5. The van der Waals surface area contributed by atoms with E-state index in [-0.39, 0.29) is 11.5 Å². The van der Waals surface area contributed by atoms with E-state index in [9.17, 15) is 10.2 Å². The Morgan fingerprint density at radius 3 is 2.70 bits per heavy atom. The lowest BCUT2D eigenvalue weighted by atomic mass is 10.1. The van der Waals surface area contributed by atoms with Crippen molar-refractivity contribution in [3.63, 3.8) is 0 Å². The molecule has 5 nitrogen and oxygen atoms in total. The molecule has 2 heterocycles. The molecule has 0 spiro atoms. The Bertz CT molecular complexity index is 941. The molecule has 0 aliphatic heterocycles. The first-order chi connectivity index (χ1) is 11.0. The average molecular weight is 327 g/mol. The maximum atomic E-state index is 10.3. The van der Waals surface area contributed by atoms with E-state index in [0.717, 1.165) is 16.1 Å². The molecule has 0 amide bonds. The van der Waals surface area contributed by atoms with Crippen LogP contribution in [0.4, 0.5) is 5.82 Å². The van der Waals surface area contributed by atoms with Crippen molar-refractivity contribution >= 4 is 17.2 Å². The molecule has 0 aliphatic carbocycles. The van der Waals surface area contributed by atoms with Crippen molar-refractivity contribution < 1.29 is 10.2 Å². The van der Waals surface area contributed by atoms with Crippen LogP contribution >= 0.6 is 11.3 Å². The highest BCUT2D eigenvalue weighted by Gasteiger charge is 2.13. The van der Waals surface area contributed by atoms with Gasteiger partial charge < -0.3 is 14.8 Å². The van der Waals surface area contributed by atoms with E-state index >= 15 is 0 Å². The van der Waals surface area contributed by atoms with Gasteiger partial charge in [-0.3, -0.25) is 0 Å². The summed E-state index contributed by atoms with van der Waals surface area (Å²) in [7, 11) is 1.89. The van der Waals surface area contributed by atoms with Crippen LogP contribution in [-0.2, 0) is 7.05 Å². The molecule has 0 fully saturated rings. The second-order valence-corrected chi connectivity index (χ2v) is 6.21. The summed E-state index contributed by atoms with van der Waals surface area (Å²) in [6, 6.07) is 7.13. The topological polar surface area (TPSA) is 70.6 Å². The van der Waals surface area contributed by atoms with Crippen molar-refractivity contribution in [3.05, 3.63) is 51.8 Å². The van der Waals surface area contributed by atoms with Gasteiger partial charge in [-0.25, -0.2) is 9.98 Å². The SMILES string of the molecule is Cc1ccnc(N=c2scc(-c3ccc(O)c(C)c3O)n2C)c1. The zero-order valence-corrected chi connectivity index (χ0v) is 13.9. The fourth-order valence-electron chi connectivity index (χ4n) is 2.29. The second kappa shape index (κ2) is 5.89. The van der Waals surface area contributed by atoms with E-state index in [4.69, 9.17) is 0 Å². The Morgan fingerprint density at radius 2 is 1.96 bits per heavy atom. The normalized spacial score (nSPS) is 11.9. The molecule has 0 unspecified atom stereocenters. The van der Waals surface area contributed by atoms with E-state index < -0.39 is 0 Å². The summed E-state index contributed by atoms with van der Waals surface area (Å²) in [6.07, 6.45) is 1.73. The monoisotopic (exact) mass is 327 g/mol. The van der Waals surface area contributed by atoms with E-state index in [0.29, 0.717) is 16.9 Å². The number of rotatable bonds is 2. The summed E-state index contributed by atoms with van der Waals surface area (Å²) < 4.78 is 1.90. The average Bonchev–Trinajstić information content (AvgIpc) is 2.86. The van der Waals surface area contributed by atoms with Crippen molar-refractivity contribution in [1.29, 1.82) is 0 Å². The van der Waals surface area contributed by atoms with Gasteiger partial charge >= 0.3 is 0 Å². The van der Waals surface area contributed by atoms with Gasteiger partial charge in [0, 0.05) is 29.8 Å². The molecule has 1 aromatic carbocycles. The smallest absolute Gasteiger partial charge is 0.191 e. The Morgan fingerprint density at radius 1 is 1.17 bits per heavy atom. The highest BCUT2D eigenvalue weighted by Crippen LogP contribution is 2.36. The van der Waals surface area contributed by atoms with Gasteiger partial charge in [0.05, 0.1) is 5.69 Å². The summed E-state index contributed by atoms with van der Waals surface area (Å²) in [6.45, 7) is 3.68. The Hall–Kier alpha value is -2.60. The van der Waals surface area contributed by atoms with Gasteiger partial charge in [-0.15, -0.1) is 11.3 Å². The Labute approximate surface area is 137 Å². The van der Waals surface area contributed by atoms with Crippen molar-refractivity contribution in [1.82, 2.24) is 9.55 Å². The maximum Gasteiger partial charge on any atom is 0.191 e. The van der Waals surface area contributed by atoms with Crippen molar-refractivity contribution in [3.8, 4) is 22.8 Å². The quantitative estimate of drug-likeness (QED) is 0.758. The van der Waals surface area contributed by atoms with Gasteiger partial charge in [0.25, 0.3) is 0 Å². The summed E-state index contributed by atoms with van der Waals surface area (Å²) in [5.74, 6) is 0.816. The molecule has 3 rings (SSSR count). The summed E-state index contributed by atoms with van der Waals surface area (Å²) in [5.41, 5.74) is 3.07. The van der Waals surface area contributed by atoms with Crippen molar-refractivity contribution in [2.24, 2.45) is 12.0 Å². The maximum absolute atomic E-state index is 10.3. The summed E-state index contributed by atoms with van der Waals surface area (Å²) in [5, 5.41) is 21.9. The van der Waals surface area contributed by atoms with Crippen LogP contribution in [0.5, 0.6) is 11.5 Å². The lowest BCUT2D eigenvalue weighted by Gasteiger charge is -2.09. The molecule has 0 saturated carbocycles. The van der Waals surface area contributed by atoms with Crippen LogP contribution in [0.3, 0.4) is 0 Å². The van der Waals surface area contributed by atoms with Crippen LogP contribution < -0.4 is 4.80 Å². The van der Waals surface area contributed by atoms with Gasteiger partial charge in [-0.2, -0.15) is 0 Å². The standard InChI is InChI=1S/C17H17N3O2S/c1-10-6-7-18-15(8-10)19-17-20(3)13(9-23-17)12-4-5-14(21)11(2)16(12)22/h4-9,21-22H,1-3H3. The van der Waals surface area contributed by atoms with Gasteiger partial charge in [0.1, 0.15) is 11.5 Å². The first-order valence-electron chi connectivity index (χ1n) is 7.11. The van der Waals surface area contributed by atoms with E-state index in [1.807, 2.05) is 36.1 Å². The number of hydrogen-bond donors (Lipinski definition) is 2. The highest BCUT2D eigenvalue weighted by molar-refractivity contribution is 7.07. The minimum atomic E-state index is 0.0815. The van der Waals surface area contributed by atoms with Gasteiger partial charge in [-0.1, -0.05) is 0 Å². The number of pyridine rings is 1. The second-order valence-electron chi connectivity index (χ2n) is 5.37. The fraction of sp³-hybridized carbons (Fsp3) is 0.176. The number of benzene rings is 1. The number of thiazole rings is 1. The fourth-order valence-corrected chi connectivity index (χ4v) is 3.20. The van der Waals surface area contributed by atoms with Gasteiger partial charge in [0.15, 0.2) is 10.6 Å². The number of phenols is 2. The number of aromatic hydroxyl groups is 2. The molecule has 0 saturated heterocycles. The molecule has 0 aliphatic rings. The summed E-state index contributed by atoms with van der Waals surface area (Å²) >= 11 is 1.47. The number of aromatic nitrogens is 2. The molecule has 118 valence electrons.